The zero-order valence-corrected chi connectivity index (χ0v) is 19.5. The fraction of sp³-hybridized carbons (Fsp3) is 0.458. The SMILES string of the molecule is COc1cc(-c2cc3c(NC4CCOCC4)c(C(=O)NCC(F)C(C)(C)O)cnn3c2)ccn1. The Hall–Kier alpha value is -3.24. The molecule has 4 heterocycles. The molecule has 3 aromatic heterocycles. The number of methoxy groups -OCH3 is 1. The summed E-state index contributed by atoms with van der Waals surface area (Å²) >= 11 is 0. The molecule has 4 rings (SSSR count). The van der Waals surface area contributed by atoms with Crippen LogP contribution in [0, 0.1) is 0 Å². The van der Waals surface area contributed by atoms with E-state index >= 15 is 0 Å². The normalized spacial score (nSPS) is 15.8. The molecule has 1 aliphatic heterocycles. The summed E-state index contributed by atoms with van der Waals surface area (Å²) in [5.41, 5.74) is 1.85. The molecule has 0 bridgehead atoms. The third-order valence-corrected chi connectivity index (χ3v) is 5.94. The Morgan fingerprint density at radius 2 is 2.12 bits per heavy atom. The fourth-order valence-electron chi connectivity index (χ4n) is 3.81. The Morgan fingerprint density at radius 3 is 2.82 bits per heavy atom. The van der Waals surface area contributed by atoms with Gasteiger partial charge in [-0.3, -0.25) is 4.79 Å². The van der Waals surface area contributed by atoms with E-state index in [9.17, 15) is 14.3 Å². The molecule has 1 aliphatic rings. The number of hydrogen-bond acceptors (Lipinski definition) is 7. The lowest BCUT2D eigenvalue weighted by Crippen LogP contribution is -2.42. The minimum absolute atomic E-state index is 0.121. The highest BCUT2D eigenvalue weighted by molar-refractivity contribution is 6.03. The van der Waals surface area contributed by atoms with E-state index in [1.165, 1.54) is 20.0 Å². The van der Waals surface area contributed by atoms with Crippen LogP contribution in [0.2, 0.25) is 0 Å². The van der Waals surface area contributed by atoms with E-state index in [1.807, 2.05) is 24.4 Å². The zero-order chi connectivity index (χ0) is 24.3. The Balaban J connectivity index is 1.70. The molecule has 0 radical (unpaired) electrons. The van der Waals surface area contributed by atoms with Crippen LogP contribution in [-0.4, -0.2) is 70.3 Å². The van der Waals surface area contributed by atoms with Gasteiger partial charge >= 0.3 is 0 Å². The minimum Gasteiger partial charge on any atom is -0.481 e. The van der Waals surface area contributed by atoms with Crippen LogP contribution in [0.1, 0.15) is 37.0 Å². The number of hydrogen-bond donors (Lipinski definition) is 3. The van der Waals surface area contributed by atoms with Crippen LogP contribution >= 0.6 is 0 Å². The van der Waals surface area contributed by atoms with Gasteiger partial charge in [-0.15, -0.1) is 0 Å². The first-order valence-corrected chi connectivity index (χ1v) is 11.3. The summed E-state index contributed by atoms with van der Waals surface area (Å²) in [5, 5.41) is 20.4. The lowest BCUT2D eigenvalue weighted by molar-refractivity contribution is -0.00177. The van der Waals surface area contributed by atoms with E-state index in [-0.39, 0.29) is 12.6 Å². The smallest absolute Gasteiger partial charge is 0.255 e. The first kappa shape index (κ1) is 23.9. The number of nitrogens with one attached hydrogen (secondary N) is 2. The summed E-state index contributed by atoms with van der Waals surface area (Å²) in [6.07, 6.45) is 5.00. The highest BCUT2D eigenvalue weighted by atomic mass is 19.1. The molecule has 1 saturated heterocycles. The molecular formula is C24H30FN5O4. The summed E-state index contributed by atoms with van der Waals surface area (Å²) in [6.45, 7) is 3.70. The number of alkyl halides is 1. The Kier molecular flexibility index (Phi) is 6.99. The van der Waals surface area contributed by atoms with Gasteiger partial charge in [-0.2, -0.15) is 5.10 Å². The van der Waals surface area contributed by atoms with Gasteiger partial charge in [0.25, 0.3) is 5.91 Å². The molecule has 0 spiro atoms. The van der Waals surface area contributed by atoms with E-state index in [0.717, 1.165) is 24.0 Å². The van der Waals surface area contributed by atoms with Crippen molar-refractivity contribution in [1.82, 2.24) is 19.9 Å². The maximum atomic E-state index is 14.2. The van der Waals surface area contributed by atoms with E-state index in [1.54, 1.807) is 17.8 Å². The highest BCUT2D eigenvalue weighted by Gasteiger charge is 2.28. The second-order valence-corrected chi connectivity index (χ2v) is 8.94. The lowest BCUT2D eigenvalue weighted by Gasteiger charge is -2.26. The summed E-state index contributed by atoms with van der Waals surface area (Å²) in [7, 11) is 1.56. The summed E-state index contributed by atoms with van der Waals surface area (Å²) in [6, 6.07) is 5.76. The van der Waals surface area contributed by atoms with Gasteiger partial charge in [-0.05, 0) is 44.4 Å². The van der Waals surface area contributed by atoms with Crippen molar-refractivity contribution in [2.75, 3.05) is 32.2 Å². The van der Waals surface area contributed by atoms with Crippen LogP contribution in [0.5, 0.6) is 5.88 Å². The quantitative estimate of drug-likeness (QED) is 0.463. The maximum Gasteiger partial charge on any atom is 0.255 e. The number of pyridine rings is 1. The van der Waals surface area contributed by atoms with E-state index in [2.05, 4.69) is 20.7 Å². The number of carbonyl (C=O) groups is 1. The molecule has 0 saturated carbocycles. The molecule has 182 valence electrons. The molecule has 0 aromatic carbocycles. The van der Waals surface area contributed by atoms with Crippen molar-refractivity contribution in [3.8, 4) is 17.0 Å². The fourth-order valence-corrected chi connectivity index (χ4v) is 3.81. The standard InChI is InChI=1S/C24H30FN5O4/c1-24(2,32)20(25)13-27-23(31)18-12-28-30-14-16(15-4-7-26-21(11-15)33-3)10-19(30)22(18)29-17-5-8-34-9-6-17/h4,7,10-12,14,17,20,29,32H,5-6,8-9,13H2,1-3H3,(H,27,31). The van der Waals surface area contributed by atoms with Gasteiger partial charge in [0.2, 0.25) is 5.88 Å². The maximum absolute atomic E-state index is 14.2. The average molecular weight is 472 g/mol. The van der Waals surface area contributed by atoms with Crippen molar-refractivity contribution < 1.29 is 23.8 Å². The number of ether oxygens (including phenoxy) is 2. The topological polar surface area (TPSA) is 110 Å². The number of carbonyl (C=O) groups excluding carboxylic acids is 1. The molecule has 10 heteroatoms. The number of aromatic nitrogens is 3. The van der Waals surface area contributed by atoms with Crippen molar-refractivity contribution in [3.63, 3.8) is 0 Å². The van der Waals surface area contributed by atoms with Crippen LogP contribution in [0.3, 0.4) is 0 Å². The predicted molar refractivity (Wildman–Crippen MR) is 126 cm³/mol. The van der Waals surface area contributed by atoms with Gasteiger partial charge in [0.1, 0.15) is 6.17 Å². The van der Waals surface area contributed by atoms with Crippen molar-refractivity contribution in [2.24, 2.45) is 0 Å². The van der Waals surface area contributed by atoms with Gasteiger partial charge in [0.15, 0.2) is 0 Å². The predicted octanol–water partition coefficient (Wildman–Crippen LogP) is 2.83. The first-order chi connectivity index (χ1) is 16.3. The van der Waals surface area contributed by atoms with Gasteiger partial charge < -0.3 is 25.2 Å². The molecule has 1 atom stereocenters. The second-order valence-electron chi connectivity index (χ2n) is 8.94. The molecule has 34 heavy (non-hydrogen) atoms. The van der Waals surface area contributed by atoms with Crippen LogP contribution in [-0.2, 0) is 4.74 Å². The van der Waals surface area contributed by atoms with Crippen molar-refractivity contribution in [1.29, 1.82) is 0 Å². The van der Waals surface area contributed by atoms with Crippen LogP contribution in [0.4, 0.5) is 10.1 Å². The number of amides is 1. The summed E-state index contributed by atoms with van der Waals surface area (Å²) in [4.78, 5) is 17.2. The highest BCUT2D eigenvalue weighted by Crippen LogP contribution is 2.31. The molecule has 1 unspecified atom stereocenters. The molecule has 1 fully saturated rings. The largest absolute Gasteiger partial charge is 0.481 e. The van der Waals surface area contributed by atoms with Gasteiger partial charge in [0, 0.05) is 43.3 Å². The van der Waals surface area contributed by atoms with Gasteiger partial charge in [0.05, 0.1) is 42.2 Å². The van der Waals surface area contributed by atoms with Gasteiger partial charge in [-0.1, -0.05) is 0 Å². The Bertz CT molecular complexity index is 1150. The average Bonchev–Trinajstić information content (AvgIpc) is 3.27. The first-order valence-electron chi connectivity index (χ1n) is 11.3. The number of anilines is 1. The second kappa shape index (κ2) is 9.94. The van der Waals surface area contributed by atoms with Crippen molar-refractivity contribution in [3.05, 3.63) is 42.4 Å². The summed E-state index contributed by atoms with van der Waals surface area (Å²) < 4.78 is 26.6. The van der Waals surface area contributed by atoms with E-state index < -0.39 is 17.7 Å². The zero-order valence-electron chi connectivity index (χ0n) is 19.5. The van der Waals surface area contributed by atoms with Crippen LogP contribution < -0.4 is 15.4 Å². The monoisotopic (exact) mass is 471 g/mol. The van der Waals surface area contributed by atoms with Crippen molar-refractivity contribution in [2.45, 2.75) is 44.5 Å². The molecule has 0 aliphatic carbocycles. The minimum atomic E-state index is -1.61. The third kappa shape index (κ3) is 5.28. The number of halogens is 1. The molecule has 3 aromatic rings. The number of nitrogens with zero attached hydrogens (tertiary/aromatic N) is 3. The van der Waals surface area contributed by atoms with E-state index in [0.29, 0.717) is 35.9 Å². The number of aliphatic hydroxyl groups is 1. The molecule has 1 amide bonds. The molecule has 9 nitrogen and oxygen atoms in total. The number of fused-ring (bicyclic) bond motifs is 1. The van der Waals surface area contributed by atoms with E-state index in [4.69, 9.17) is 9.47 Å². The Morgan fingerprint density at radius 1 is 1.35 bits per heavy atom. The van der Waals surface area contributed by atoms with Crippen LogP contribution in [0.25, 0.3) is 16.6 Å². The lowest BCUT2D eigenvalue weighted by atomic mass is 10.0. The van der Waals surface area contributed by atoms with Gasteiger partial charge in [-0.25, -0.2) is 13.9 Å². The molecule has 3 N–H and O–H groups in total. The Labute approximate surface area is 197 Å². The molecular weight excluding hydrogens is 441 g/mol. The third-order valence-electron chi connectivity index (χ3n) is 5.94. The summed E-state index contributed by atoms with van der Waals surface area (Å²) in [5.74, 6) is 0.0266. The van der Waals surface area contributed by atoms with Crippen molar-refractivity contribution >= 4 is 17.1 Å². The van der Waals surface area contributed by atoms with Crippen LogP contribution in [0.15, 0.2) is 36.8 Å². The number of rotatable bonds is 8.